The van der Waals surface area contributed by atoms with Gasteiger partial charge in [0.2, 0.25) is 15.9 Å². The van der Waals surface area contributed by atoms with Gasteiger partial charge in [0.05, 0.1) is 12.8 Å². The summed E-state index contributed by atoms with van der Waals surface area (Å²) in [4.78, 5) is 23.2. The molecule has 0 unspecified atom stereocenters. The topological polar surface area (TPSA) is 83.6 Å². The smallest absolute Gasteiger partial charge is 0.239 e. The Bertz CT molecular complexity index is 636. The predicted octanol–water partition coefficient (Wildman–Crippen LogP) is 1.75. The van der Waals surface area contributed by atoms with Crippen LogP contribution in [-0.4, -0.2) is 43.8 Å². The van der Waals surface area contributed by atoms with Crippen LogP contribution in [0.25, 0.3) is 0 Å². The second-order valence-electron chi connectivity index (χ2n) is 5.63. The number of nitrogens with zero attached hydrogens (tertiary/aromatic N) is 1. The molecule has 0 aromatic heterocycles. The van der Waals surface area contributed by atoms with Gasteiger partial charge >= 0.3 is 0 Å². The molecule has 6 nitrogen and oxygen atoms in total. The molecule has 1 aromatic carbocycles. The van der Waals surface area contributed by atoms with Crippen LogP contribution in [0.1, 0.15) is 31.1 Å². The van der Waals surface area contributed by atoms with Crippen molar-refractivity contribution in [1.29, 1.82) is 0 Å². The average molecular weight is 326 g/mol. The number of hydrogen-bond acceptors (Lipinski definition) is 4. The van der Waals surface area contributed by atoms with E-state index < -0.39 is 15.9 Å². The van der Waals surface area contributed by atoms with Crippen LogP contribution in [0.2, 0.25) is 0 Å². The zero-order valence-electron chi connectivity index (χ0n) is 13.3. The third-order valence-electron chi connectivity index (χ3n) is 2.93. The molecule has 1 N–H and O–H groups in total. The Balaban J connectivity index is 2.73. The number of ketones is 1. The second kappa shape index (κ2) is 7.51. The normalized spacial score (nSPS) is 11.7. The van der Waals surface area contributed by atoms with Gasteiger partial charge in [-0.1, -0.05) is 13.8 Å². The van der Waals surface area contributed by atoms with Gasteiger partial charge < -0.3 is 5.32 Å². The second-order valence-corrected chi connectivity index (χ2v) is 7.61. The Morgan fingerprint density at radius 1 is 1.18 bits per heavy atom. The molecule has 0 aliphatic heterocycles. The largest absolute Gasteiger partial charge is 0.325 e. The molecule has 0 saturated heterocycles. The fourth-order valence-corrected chi connectivity index (χ4v) is 2.79. The van der Waals surface area contributed by atoms with E-state index in [1.807, 2.05) is 13.8 Å². The molecule has 0 fully saturated rings. The number of anilines is 1. The molecule has 0 saturated carbocycles. The maximum Gasteiger partial charge on any atom is 0.239 e. The van der Waals surface area contributed by atoms with Gasteiger partial charge in [-0.05, 0) is 37.1 Å². The van der Waals surface area contributed by atoms with Crippen LogP contribution in [0.4, 0.5) is 5.69 Å². The van der Waals surface area contributed by atoms with Crippen molar-refractivity contribution < 1.29 is 18.0 Å². The predicted molar refractivity (Wildman–Crippen MR) is 86.3 cm³/mol. The molecular formula is C15H22N2O4S. The lowest BCUT2D eigenvalue weighted by atomic mass is 10.1. The lowest BCUT2D eigenvalue weighted by molar-refractivity contribution is -0.116. The fraction of sp³-hybridized carbons (Fsp3) is 0.467. The van der Waals surface area contributed by atoms with Crippen LogP contribution in [0, 0.1) is 5.92 Å². The molecule has 0 atom stereocenters. The van der Waals surface area contributed by atoms with Crippen molar-refractivity contribution in [3.63, 3.8) is 0 Å². The van der Waals surface area contributed by atoms with Gasteiger partial charge in [0, 0.05) is 17.8 Å². The van der Waals surface area contributed by atoms with E-state index in [2.05, 4.69) is 5.32 Å². The van der Waals surface area contributed by atoms with Gasteiger partial charge in [0.1, 0.15) is 0 Å². The minimum Gasteiger partial charge on any atom is -0.325 e. The monoisotopic (exact) mass is 326 g/mol. The summed E-state index contributed by atoms with van der Waals surface area (Å²) in [6, 6.07) is 6.45. The van der Waals surface area contributed by atoms with Gasteiger partial charge in [0.15, 0.2) is 5.78 Å². The van der Waals surface area contributed by atoms with Gasteiger partial charge in [-0.3, -0.25) is 9.59 Å². The fourth-order valence-electron chi connectivity index (χ4n) is 1.87. The van der Waals surface area contributed by atoms with Crippen molar-refractivity contribution in [2.75, 3.05) is 24.7 Å². The maximum atomic E-state index is 12.0. The van der Waals surface area contributed by atoms with Crippen LogP contribution in [0.15, 0.2) is 24.3 Å². The molecule has 1 rings (SSSR count). The summed E-state index contributed by atoms with van der Waals surface area (Å²) >= 11 is 0. The average Bonchev–Trinajstić information content (AvgIpc) is 2.36. The van der Waals surface area contributed by atoms with E-state index in [1.54, 1.807) is 24.3 Å². The van der Waals surface area contributed by atoms with Crippen LogP contribution in [0.5, 0.6) is 0 Å². The number of Topliss-reactive ketones (excluding diaryl/α,β-unsaturated/α-hetero) is 1. The molecule has 0 aliphatic carbocycles. The van der Waals surface area contributed by atoms with E-state index in [4.69, 9.17) is 0 Å². The van der Waals surface area contributed by atoms with Crippen LogP contribution < -0.4 is 5.32 Å². The SMILES string of the molecule is CC(=O)c1ccc(NC(=O)CN(CC(C)C)S(C)(=O)=O)cc1. The minimum atomic E-state index is -3.44. The Morgan fingerprint density at radius 2 is 1.73 bits per heavy atom. The highest BCUT2D eigenvalue weighted by Crippen LogP contribution is 2.11. The van der Waals surface area contributed by atoms with Gasteiger partial charge in [-0.15, -0.1) is 0 Å². The van der Waals surface area contributed by atoms with Crippen molar-refractivity contribution in [2.45, 2.75) is 20.8 Å². The van der Waals surface area contributed by atoms with E-state index in [-0.39, 0.29) is 24.8 Å². The van der Waals surface area contributed by atoms with Gasteiger partial charge in [-0.25, -0.2) is 8.42 Å². The number of carbonyl (C=O) groups is 2. The molecule has 0 aliphatic rings. The number of nitrogens with one attached hydrogen (secondary N) is 1. The zero-order valence-corrected chi connectivity index (χ0v) is 14.1. The first kappa shape index (κ1) is 18.3. The molecule has 1 aromatic rings. The van der Waals surface area contributed by atoms with Gasteiger partial charge in [-0.2, -0.15) is 4.31 Å². The highest BCUT2D eigenvalue weighted by Gasteiger charge is 2.21. The highest BCUT2D eigenvalue weighted by molar-refractivity contribution is 7.88. The van der Waals surface area contributed by atoms with Crippen molar-refractivity contribution in [2.24, 2.45) is 5.92 Å². The molecule has 7 heteroatoms. The Morgan fingerprint density at radius 3 is 2.14 bits per heavy atom. The summed E-state index contributed by atoms with van der Waals surface area (Å²) in [7, 11) is -3.44. The third kappa shape index (κ3) is 5.95. The number of amides is 1. The lowest BCUT2D eigenvalue weighted by Gasteiger charge is -2.21. The minimum absolute atomic E-state index is 0.0574. The Hall–Kier alpha value is -1.73. The zero-order chi connectivity index (χ0) is 16.9. The summed E-state index contributed by atoms with van der Waals surface area (Å²) < 4.78 is 24.5. The summed E-state index contributed by atoms with van der Waals surface area (Å²) in [5.74, 6) is -0.350. The number of hydrogen-bond donors (Lipinski definition) is 1. The number of carbonyl (C=O) groups excluding carboxylic acids is 2. The third-order valence-corrected chi connectivity index (χ3v) is 4.15. The molecule has 122 valence electrons. The molecule has 0 spiro atoms. The molecule has 0 radical (unpaired) electrons. The molecule has 0 bridgehead atoms. The molecule has 22 heavy (non-hydrogen) atoms. The molecule has 1 amide bonds. The first-order valence-electron chi connectivity index (χ1n) is 6.95. The van der Waals surface area contributed by atoms with E-state index in [0.29, 0.717) is 11.3 Å². The Labute approximate surface area is 131 Å². The summed E-state index contributed by atoms with van der Waals surface area (Å²) in [6.07, 6.45) is 1.09. The Kier molecular flexibility index (Phi) is 6.25. The first-order chi connectivity index (χ1) is 10.1. The van der Waals surface area contributed by atoms with Crippen molar-refractivity contribution in [3.8, 4) is 0 Å². The number of sulfonamides is 1. The van der Waals surface area contributed by atoms with E-state index in [0.717, 1.165) is 10.6 Å². The standard InChI is InChI=1S/C15H22N2O4S/c1-11(2)9-17(22(4,20)21)10-15(19)16-14-7-5-13(6-8-14)12(3)18/h5-8,11H,9-10H2,1-4H3,(H,16,19). The molecular weight excluding hydrogens is 304 g/mol. The lowest BCUT2D eigenvalue weighted by Crippen LogP contribution is -2.39. The summed E-state index contributed by atoms with van der Waals surface area (Å²) in [5, 5.41) is 2.63. The quantitative estimate of drug-likeness (QED) is 0.774. The van der Waals surface area contributed by atoms with Crippen molar-refractivity contribution in [1.82, 2.24) is 4.31 Å². The van der Waals surface area contributed by atoms with Crippen LogP contribution in [0.3, 0.4) is 0 Å². The maximum absolute atomic E-state index is 12.0. The van der Waals surface area contributed by atoms with E-state index in [1.165, 1.54) is 6.92 Å². The number of benzene rings is 1. The van der Waals surface area contributed by atoms with Crippen molar-refractivity contribution in [3.05, 3.63) is 29.8 Å². The van der Waals surface area contributed by atoms with Gasteiger partial charge in [0.25, 0.3) is 0 Å². The summed E-state index contributed by atoms with van der Waals surface area (Å²) in [5.41, 5.74) is 1.07. The first-order valence-corrected chi connectivity index (χ1v) is 8.80. The van der Waals surface area contributed by atoms with E-state index >= 15 is 0 Å². The van der Waals surface area contributed by atoms with Crippen LogP contribution in [-0.2, 0) is 14.8 Å². The molecule has 0 heterocycles. The van der Waals surface area contributed by atoms with Crippen molar-refractivity contribution >= 4 is 27.4 Å². The van der Waals surface area contributed by atoms with E-state index in [9.17, 15) is 18.0 Å². The van der Waals surface area contributed by atoms with Crippen LogP contribution >= 0.6 is 0 Å². The number of rotatable bonds is 7. The summed E-state index contributed by atoms with van der Waals surface area (Å²) in [6.45, 7) is 5.29. The highest BCUT2D eigenvalue weighted by atomic mass is 32.2.